The van der Waals surface area contributed by atoms with E-state index in [-0.39, 0.29) is 5.75 Å². The van der Waals surface area contributed by atoms with E-state index in [1.165, 1.54) is 24.0 Å². The third-order valence-electron chi connectivity index (χ3n) is 5.43. The minimum Gasteiger partial charge on any atom is -0.508 e. The molecule has 0 unspecified atom stereocenters. The molecule has 0 heterocycles. The lowest BCUT2D eigenvalue weighted by Crippen LogP contribution is -2.17. The number of hydrogen-bond acceptors (Lipinski definition) is 2. The summed E-state index contributed by atoms with van der Waals surface area (Å²) < 4.78 is 0. The summed E-state index contributed by atoms with van der Waals surface area (Å²) in [5.74, 6) is -0.628. The van der Waals surface area contributed by atoms with Crippen molar-refractivity contribution in [3.63, 3.8) is 0 Å². The molecule has 2 aromatic rings. The summed E-state index contributed by atoms with van der Waals surface area (Å²) in [6.45, 7) is 4.66. The third-order valence-corrected chi connectivity index (χ3v) is 5.43. The summed E-state index contributed by atoms with van der Waals surface area (Å²) in [7, 11) is 0. The Morgan fingerprint density at radius 3 is 2.00 bits per heavy atom. The van der Waals surface area contributed by atoms with Gasteiger partial charge in [-0.15, -0.1) is 0 Å². The Balaban J connectivity index is 1.93. The zero-order valence-corrected chi connectivity index (χ0v) is 15.5. The Kier molecular flexibility index (Phi) is 5.17. The molecule has 1 aliphatic carbocycles. The predicted molar refractivity (Wildman–Crippen MR) is 104 cm³/mol. The quantitative estimate of drug-likeness (QED) is 0.745. The average molecular weight is 350 g/mol. The summed E-state index contributed by atoms with van der Waals surface area (Å²) >= 11 is 0. The SMILES string of the molecule is CC1(C)CCC(=C(Cc2ccc(C(=O)O)cc2)c2ccc(O)cc2)CC1. The first-order chi connectivity index (χ1) is 12.3. The number of aromatic carboxylic acids is 1. The van der Waals surface area contributed by atoms with Crippen molar-refractivity contribution in [1.82, 2.24) is 0 Å². The van der Waals surface area contributed by atoms with Gasteiger partial charge in [0.25, 0.3) is 0 Å². The van der Waals surface area contributed by atoms with Crippen LogP contribution in [0.5, 0.6) is 5.75 Å². The van der Waals surface area contributed by atoms with Gasteiger partial charge in [-0.2, -0.15) is 0 Å². The van der Waals surface area contributed by atoms with Crippen molar-refractivity contribution >= 4 is 11.5 Å². The minimum absolute atomic E-state index is 0.272. The van der Waals surface area contributed by atoms with Gasteiger partial charge in [0.2, 0.25) is 0 Å². The first kappa shape index (κ1) is 18.2. The molecular weight excluding hydrogens is 324 g/mol. The molecule has 2 aromatic carbocycles. The molecular formula is C23H26O3. The summed E-state index contributed by atoms with van der Waals surface area (Å²) in [6.07, 6.45) is 5.33. The first-order valence-corrected chi connectivity index (χ1v) is 9.17. The lowest BCUT2D eigenvalue weighted by atomic mass is 9.73. The maximum Gasteiger partial charge on any atom is 0.335 e. The third kappa shape index (κ3) is 4.34. The van der Waals surface area contributed by atoms with E-state index >= 15 is 0 Å². The van der Waals surface area contributed by atoms with E-state index in [0.29, 0.717) is 11.0 Å². The zero-order valence-electron chi connectivity index (χ0n) is 15.5. The molecule has 0 aromatic heterocycles. The lowest BCUT2D eigenvalue weighted by molar-refractivity contribution is 0.0697. The second-order valence-electron chi connectivity index (χ2n) is 7.97. The number of hydrogen-bond donors (Lipinski definition) is 2. The van der Waals surface area contributed by atoms with Crippen molar-refractivity contribution in [2.75, 3.05) is 0 Å². The summed E-state index contributed by atoms with van der Waals surface area (Å²) in [4.78, 5) is 11.1. The van der Waals surface area contributed by atoms with Crippen molar-refractivity contribution in [2.24, 2.45) is 5.41 Å². The molecule has 136 valence electrons. The lowest BCUT2D eigenvalue weighted by Gasteiger charge is -2.32. The topological polar surface area (TPSA) is 57.5 Å². The number of carboxylic acid groups (broad SMARTS) is 1. The van der Waals surface area contributed by atoms with E-state index in [9.17, 15) is 9.90 Å². The van der Waals surface area contributed by atoms with Gasteiger partial charge in [-0.1, -0.05) is 43.7 Å². The molecule has 1 fully saturated rings. The van der Waals surface area contributed by atoms with Crippen LogP contribution in [0.2, 0.25) is 0 Å². The van der Waals surface area contributed by atoms with E-state index in [1.54, 1.807) is 24.3 Å². The van der Waals surface area contributed by atoms with E-state index in [2.05, 4.69) is 13.8 Å². The Morgan fingerprint density at radius 1 is 0.923 bits per heavy atom. The molecule has 26 heavy (non-hydrogen) atoms. The molecule has 0 saturated heterocycles. The van der Waals surface area contributed by atoms with Crippen LogP contribution in [-0.4, -0.2) is 16.2 Å². The molecule has 3 heteroatoms. The van der Waals surface area contributed by atoms with Crippen molar-refractivity contribution in [3.05, 3.63) is 70.8 Å². The molecule has 2 N–H and O–H groups in total. The Labute approximate surface area is 155 Å². The van der Waals surface area contributed by atoms with Crippen molar-refractivity contribution < 1.29 is 15.0 Å². The van der Waals surface area contributed by atoms with Gasteiger partial charge >= 0.3 is 5.97 Å². The Hall–Kier alpha value is -2.55. The number of carbonyl (C=O) groups is 1. The summed E-state index contributed by atoms with van der Waals surface area (Å²) in [5.41, 5.74) is 5.75. The number of phenolic OH excluding ortho intramolecular Hbond substituents is 1. The number of allylic oxidation sites excluding steroid dienone is 2. The van der Waals surface area contributed by atoms with Gasteiger partial charge in [-0.05, 0) is 78.5 Å². The van der Waals surface area contributed by atoms with Crippen LogP contribution in [0.25, 0.3) is 5.57 Å². The van der Waals surface area contributed by atoms with Crippen LogP contribution in [0.1, 0.15) is 61.0 Å². The fourth-order valence-corrected chi connectivity index (χ4v) is 3.59. The van der Waals surface area contributed by atoms with Gasteiger partial charge in [-0.3, -0.25) is 0 Å². The average Bonchev–Trinajstić information content (AvgIpc) is 2.61. The monoisotopic (exact) mass is 350 g/mol. The zero-order chi connectivity index (χ0) is 18.7. The molecule has 3 nitrogen and oxygen atoms in total. The molecule has 3 rings (SSSR count). The van der Waals surface area contributed by atoms with E-state index in [1.807, 2.05) is 24.3 Å². The molecule has 1 saturated carbocycles. The van der Waals surface area contributed by atoms with Gasteiger partial charge in [0.05, 0.1) is 5.56 Å². The smallest absolute Gasteiger partial charge is 0.335 e. The van der Waals surface area contributed by atoms with E-state index in [0.717, 1.165) is 30.4 Å². The van der Waals surface area contributed by atoms with Crippen molar-refractivity contribution in [3.8, 4) is 5.75 Å². The largest absolute Gasteiger partial charge is 0.508 e. The van der Waals surface area contributed by atoms with Crippen LogP contribution < -0.4 is 0 Å². The Morgan fingerprint density at radius 2 is 1.46 bits per heavy atom. The number of aromatic hydroxyl groups is 1. The fourth-order valence-electron chi connectivity index (χ4n) is 3.59. The Bertz CT molecular complexity index is 800. The van der Waals surface area contributed by atoms with Crippen LogP contribution in [-0.2, 0) is 6.42 Å². The van der Waals surface area contributed by atoms with Crippen molar-refractivity contribution in [1.29, 1.82) is 0 Å². The first-order valence-electron chi connectivity index (χ1n) is 9.17. The highest BCUT2D eigenvalue weighted by molar-refractivity contribution is 5.87. The molecule has 0 atom stereocenters. The molecule has 0 bridgehead atoms. The maximum absolute atomic E-state index is 11.1. The second kappa shape index (κ2) is 7.36. The normalized spacial score (nSPS) is 16.3. The predicted octanol–water partition coefficient (Wildman–Crippen LogP) is 5.69. The highest BCUT2D eigenvalue weighted by Crippen LogP contribution is 2.41. The molecule has 0 aliphatic heterocycles. The number of rotatable bonds is 4. The van der Waals surface area contributed by atoms with Crippen LogP contribution in [0.3, 0.4) is 0 Å². The molecule has 0 amide bonds. The highest BCUT2D eigenvalue weighted by atomic mass is 16.4. The van der Waals surface area contributed by atoms with Gasteiger partial charge in [0.15, 0.2) is 0 Å². The summed E-state index contributed by atoms with van der Waals surface area (Å²) in [6, 6.07) is 14.5. The highest BCUT2D eigenvalue weighted by Gasteiger charge is 2.25. The van der Waals surface area contributed by atoms with Gasteiger partial charge in [0.1, 0.15) is 5.75 Å². The second-order valence-corrected chi connectivity index (χ2v) is 7.97. The van der Waals surface area contributed by atoms with Crippen LogP contribution in [0, 0.1) is 5.41 Å². The van der Waals surface area contributed by atoms with Crippen molar-refractivity contribution in [2.45, 2.75) is 46.0 Å². The van der Waals surface area contributed by atoms with E-state index < -0.39 is 5.97 Å². The maximum atomic E-state index is 11.1. The number of benzene rings is 2. The number of carboxylic acids is 1. The molecule has 1 aliphatic rings. The molecule has 0 spiro atoms. The summed E-state index contributed by atoms with van der Waals surface area (Å²) in [5, 5.41) is 18.7. The molecule has 0 radical (unpaired) electrons. The van der Waals surface area contributed by atoms with E-state index in [4.69, 9.17) is 5.11 Å². The van der Waals surface area contributed by atoms with Gasteiger partial charge in [0, 0.05) is 0 Å². The van der Waals surface area contributed by atoms with Crippen LogP contribution in [0.4, 0.5) is 0 Å². The van der Waals surface area contributed by atoms with Gasteiger partial charge < -0.3 is 10.2 Å². The minimum atomic E-state index is -0.900. The number of phenols is 1. The van der Waals surface area contributed by atoms with Crippen LogP contribution in [0.15, 0.2) is 54.1 Å². The van der Waals surface area contributed by atoms with Crippen LogP contribution >= 0.6 is 0 Å². The van der Waals surface area contributed by atoms with Gasteiger partial charge in [-0.25, -0.2) is 4.79 Å². The standard InChI is InChI=1S/C23H26O3/c1-23(2)13-11-18(12-14-23)21(17-7-9-20(24)10-8-17)15-16-3-5-19(6-4-16)22(25)26/h3-10,24H,11-15H2,1-2H3,(H,25,26). The fraction of sp³-hybridized carbons (Fsp3) is 0.348.